The molecule has 1 heterocycles. The number of nitrogens with one attached hydrogen (secondary N) is 1. The fourth-order valence-electron chi connectivity index (χ4n) is 4.04. The van der Waals surface area contributed by atoms with Crippen molar-refractivity contribution < 1.29 is 13.2 Å². The molecular formula is C19H22N2O3S. The molecule has 1 saturated carbocycles. The van der Waals surface area contributed by atoms with E-state index in [1.165, 1.54) is 10.7 Å². The third kappa shape index (κ3) is 2.68. The van der Waals surface area contributed by atoms with Gasteiger partial charge in [0.05, 0.1) is 10.6 Å². The van der Waals surface area contributed by atoms with Crippen LogP contribution in [0.25, 0.3) is 10.8 Å². The van der Waals surface area contributed by atoms with Gasteiger partial charge in [-0.3, -0.25) is 9.10 Å². The minimum absolute atomic E-state index is 0.143. The van der Waals surface area contributed by atoms with Crippen LogP contribution in [0.5, 0.6) is 0 Å². The van der Waals surface area contributed by atoms with Crippen LogP contribution in [0.1, 0.15) is 32.6 Å². The molecule has 1 N–H and O–H groups in total. The molecule has 1 amide bonds. The Bertz CT molecular complexity index is 934. The number of rotatable bonds is 3. The van der Waals surface area contributed by atoms with Gasteiger partial charge in [-0.25, -0.2) is 8.42 Å². The second kappa shape index (κ2) is 6.02. The van der Waals surface area contributed by atoms with E-state index in [0.717, 1.165) is 24.6 Å². The van der Waals surface area contributed by atoms with E-state index in [4.69, 9.17) is 0 Å². The van der Waals surface area contributed by atoms with E-state index in [-0.39, 0.29) is 18.5 Å². The number of carbonyl (C=O) groups excluding carboxylic acids is 1. The van der Waals surface area contributed by atoms with Gasteiger partial charge in [0.25, 0.3) is 10.0 Å². The van der Waals surface area contributed by atoms with Crippen LogP contribution in [-0.4, -0.2) is 26.9 Å². The van der Waals surface area contributed by atoms with Gasteiger partial charge >= 0.3 is 0 Å². The first kappa shape index (κ1) is 16.4. The number of carbonyl (C=O) groups is 1. The molecule has 0 aromatic heterocycles. The molecular weight excluding hydrogens is 336 g/mol. The largest absolute Gasteiger partial charge is 0.352 e. The van der Waals surface area contributed by atoms with Crippen LogP contribution in [0.15, 0.2) is 41.3 Å². The summed E-state index contributed by atoms with van der Waals surface area (Å²) < 4.78 is 27.0. The molecule has 4 rings (SSSR count). The Labute approximate surface area is 148 Å². The molecule has 0 saturated heterocycles. The Hall–Kier alpha value is -2.08. The van der Waals surface area contributed by atoms with Gasteiger partial charge in [-0.2, -0.15) is 0 Å². The lowest BCUT2D eigenvalue weighted by atomic mass is 9.86. The Morgan fingerprint density at radius 1 is 1.16 bits per heavy atom. The van der Waals surface area contributed by atoms with E-state index in [2.05, 4.69) is 12.2 Å². The molecule has 6 heteroatoms. The summed E-state index contributed by atoms with van der Waals surface area (Å²) in [6.07, 6.45) is 4.39. The highest BCUT2D eigenvalue weighted by atomic mass is 32.2. The lowest BCUT2D eigenvalue weighted by Crippen LogP contribution is -2.46. The highest BCUT2D eigenvalue weighted by molar-refractivity contribution is 7.93. The van der Waals surface area contributed by atoms with Gasteiger partial charge in [0, 0.05) is 11.4 Å². The lowest BCUT2D eigenvalue weighted by molar-refractivity contribution is -0.120. The van der Waals surface area contributed by atoms with Crippen molar-refractivity contribution >= 4 is 32.4 Å². The predicted octanol–water partition coefficient (Wildman–Crippen LogP) is 3.04. The zero-order valence-corrected chi connectivity index (χ0v) is 15.1. The zero-order chi connectivity index (χ0) is 17.6. The van der Waals surface area contributed by atoms with E-state index in [9.17, 15) is 13.2 Å². The summed E-state index contributed by atoms with van der Waals surface area (Å²) in [4.78, 5) is 12.8. The van der Waals surface area contributed by atoms with Crippen LogP contribution in [0.4, 0.5) is 5.69 Å². The van der Waals surface area contributed by atoms with Gasteiger partial charge in [-0.05, 0) is 36.3 Å². The molecule has 2 aliphatic rings. The maximum Gasteiger partial charge on any atom is 0.265 e. The molecule has 2 aromatic rings. The standard InChI is InChI=1S/C19H22N2O3S/c1-13-6-2-3-9-15(13)20-18(22)12-21-16-10-4-7-14-8-5-11-17(19(14)16)25(21,23)24/h4-5,7-8,10-11,13,15H,2-3,6,9,12H2,1H3,(H,20,22)/t13-,15-/m1/s1. The SMILES string of the molecule is C[C@@H]1CCCC[C@H]1NC(=O)CN1c2cccc3cccc(c23)S1(=O)=O. The van der Waals surface area contributed by atoms with E-state index >= 15 is 0 Å². The van der Waals surface area contributed by atoms with Crippen molar-refractivity contribution in [3.63, 3.8) is 0 Å². The molecule has 0 radical (unpaired) electrons. The number of hydrogen-bond acceptors (Lipinski definition) is 3. The third-order valence-electron chi connectivity index (χ3n) is 5.43. The Balaban J connectivity index is 1.61. The molecule has 25 heavy (non-hydrogen) atoms. The van der Waals surface area contributed by atoms with Gasteiger partial charge in [-0.1, -0.05) is 44.0 Å². The molecule has 2 atom stereocenters. The summed E-state index contributed by atoms with van der Waals surface area (Å²) >= 11 is 0. The molecule has 1 aliphatic carbocycles. The van der Waals surface area contributed by atoms with E-state index in [0.29, 0.717) is 21.9 Å². The van der Waals surface area contributed by atoms with Crippen molar-refractivity contribution in [3.05, 3.63) is 36.4 Å². The number of amides is 1. The van der Waals surface area contributed by atoms with Gasteiger partial charge in [-0.15, -0.1) is 0 Å². The molecule has 0 bridgehead atoms. The van der Waals surface area contributed by atoms with Gasteiger partial charge in [0.15, 0.2) is 0 Å². The first-order valence-corrected chi connectivity index (χ1v) is 10.3. The molecule has 1 aliphatic heterocycles. The Kier molecular flexibility index (Phi) is 3.95. The minimum Gasteiger partial charge on any atom is -0.352 e. The third-order valence-corrected chi connectivity index (χ3v) is 7.23. The van der Waals surface area contributed by atoms with Crippen LogP contribution < -0.4 is 9.62 Å². The van der Waals surface area contributed by atoms with Gasteiger partial charge < -0.3 is 5.32 Å². The normalized spacial score (nSPS) is 24.4. The monoisotopic (exact) mass is 358 g/mol. The van der Waals surface area contributed by atoms with Crippen molar-refractivity contribution in [2.24, 2.45) is 5.92 Å². The summed E-state index contributed by atoms with van der Waals surface area (Å²) in [7, 11) is -3.68. The summed E-state index contributed by atoms with van der Waals surface area (Å²) in [5.41, 5.74) is 0.597. The average molecular weight is 358 g/mol. The van der Waals surface area contributed by atoms with Gasteiger partial charge in [0.2, 0.25) is 5.91 Å². The number of nitrogens with zero attached hydrogens (tertiary/aromatic N) is 1. The maximum absolute atomic E-state index is 12.9. The number of anilines is 1. The summed E-state index contributed by atoms with van der Waals surface area (Å²) in [5.74, 6) is 0.209. The van der Waals surface area contributed by atoms with Crippen LogP contribution >= 0.6 is 0 Å². The topological polar surface area (TPSA) is 66.5 Å². The van der Waals surface area contributed by atoms with E-state index in [1.54, 1.807) is 18.2 Å². The molecule has 0 spiro atoms. The molecule has 5 nitrogen and oxygen atoms in total. The maximum atomic E-state index is 12.9. The van der Waals surface area contributed by atoms with Crippen LogP contribution in [-0.2, 0) is 14.8 Å². The Morgan fingerprint density at radius 3 is 2.64 bits per heavy atom. The smallest absolute Gasteiger partial charge is 0.265 e. The first-order valence-electron chi connectivity index (χ1n) is 8.82. The Morgan fingerprint density at radius 2 is 1.88 bits per heavy atom. The fraction of sp³-hybridized carbons (Fsp3) is 0.421. The second-order valence-corrected chi connectivity index (χ2v) is 8.91. The molecule has 0 unspecified atom stereocenters. The molecule has 1 fully saturated rings. The predicted molar refractivity (Wildman–Crippen MR) is 98.0 cm³/mol. The van der Waals surface area contributed by atoms with Crippen molar-refractivity contribution in [3.8, 4) is 0 Å². The second-order valence-electron chi connectivity index (χ2n) is 7.08. The van der Waals surface area contributed by atoms with Crippen LogP contribution in [0.2, 0.25) is 0 Å². The summed E-state index contributed by atoms with van der Waals surface area (Å²) in [6.45, 7) is 1.98. The zero-order valence-electron chi connectivity index (χ0n) is 14.2. The minimum atomic E-state index is -3.68. The van der Waals surface area contributed by atoms with E-state index in [1.807, 2.05) is 18.2 Å². The summed E-state index contributed by atoms with van der Waals surface area (Å²) in [5, 5.41) is 4.64. The van der Waals surface area contributed by atoms with Crippen LogP contribution in [0, 0.1) is 5.92 Å². The molecule has 2 aromatic carbocycles. The van der Waals surface area contributed by atoms with Crippen molar-refractivity contribution in [2.45, 2.75) is 43.5 Å². The van der Waals surface area contributed by atoms with Crippen LogP contribution in [0.3, 0.4) is 0 Å². The average Bonchev–Trinajstić information content (AvgIpc) is 2.81. The number of benzene rings is 2. The first-order chi connectivity index (χ1) is 12.0. The lowest BCUT2D eigenvalue weighted by Gasteiger charge is -2.30. The molecule has 132 valence electrons. The van der Waals surface area contributed by atoms with Crippen molar-refractivity contribution in [1.29, 1.82) is 0 Å². The summed E-state index contributed by atoms with van der Waals surface area (Å²) in [6, 6.07) is 10.9. The van der Waals surface area contributed by atoms with Crippen molar-refractivity contribution in [2.75, 3.05) is 10.8 Å². The highest BCUT2D eigenvalue weighted by Crippen LogP contribution is 2.41. The number of sulfonamides is 1. The highest BCUT2D eigenvalue weighted by Gasteiger charge is 2.37. The van der Waals surface area contributed by atoms with Gasteiger partial charge in [0.1, 0.15) is 6.54 Å². The quantitative estimate of drug-likeness (QED) is 0.917. The fourth-order valence-corrected chi connectivity index (χ4v) is 5.71. The number of hydrogen-bond donors (Lipinski definition) is 1. The van der Waals surface area contributed by atoms with E-state index < -0.39 is 10.0 Å². The van der Waals surface area contributed by atoms with Crippen molar-refractivity contribution in [1.82, 2.24) is 5.32 Å².